The Hall–Kier alpha value is -2.11. The van der Waals surface area contributed by atoms with Crippen molar-refractivity contribution in [2.45, 2.75) is 26.8 Å². The molecule has 0 aliphatic carbocycles. The number of aromatic nitrogens is 5. The van der Waals surface area contributed by atoms with E-state index in [0.717, 1.165) is 0 Å². The lowest BCUT2D eigenvalue weighted by Gasteiger charge is -2.02. The molecule has 2 rings (SSSR count). The Morgan fingerprint density at radius 2 is 2.24 bits per heavy atom. The maximum atomic E-state index is 12.0. The lowest BCUT2D eigenvalue weighted by Crippen LogP contribution is -2.12. The topological polar surface area (TPSA) is 73.6 Å². The van der Waals surface area contributed by atoms with Crippen LogP contribution in [0.5, 0.6) is 0 Å². The molecule has 6 heteroatoms. The third kappa shape index (κ3) is 2.52. The van der Waals surface area contributed by atoms with E-state index in [0.29, 0.717) is 23.9 Å². The van der Waals surface area contributed by atoms with Crippen LogP contribution in [-0.2, 0) is 13.0 Å². The van der Waals surface area contributed by atoms with E-state index in [-0.39, 0.29) is 12.2 Å². The molecular formula is C11H13N5O. The van der Waals surface area contributed by atoms with Gasteiger partial charge in [-0.15, -0.1) is 0 Å². The first-order chi connectivity index (χ1) is 8.20. The molecule has 17 heavy (non-hydrogen) atoms. The number of ketones is 1. The van der Waals surface area contributed by atoms with Gasteiger partial charge in [-0.25, -0.2) is 19.6 Å². The normalized spacial score (nSPS) is 10.5. The maximum absolute atomic E-state index is 12.0. The fourth-order valence-electron chi connectivity index (χ4n) is 1.53. The van der Waals surface area contributed by atoms with Crippen LogP contribution in [0.25, 0.3) is 0 Å². The second-order valence-electron chi connectivity index (χ2n) is 3.58. The molecule has 0 bridgehead atoms. The van der Waals surface area contributed by atoms with Gasteiger partial charge in [-0.3, -0.25) is 4.79 Å². The number of rotatable bonds is 4. The van der Waals surface area contributed by atoms with Crippen LogP contribution >= 0.6 is 0 Å². The molecule has 0 amide bonds. The van der Waals surface area contributed by atoms with Crippen LogP contribution in [0.2, 0.25) is 0 Å². The molecule has 0 N–H and O–H groups in total. The number of carbonyl (C=O) groups excluding carboxylic acids is 1. The Morgan fingerprint density at radius 3 is 2.94 bits per heavy atom. The fraction of sp³-hybridized carbons (Fsp3) is 0.364. The molecule has 0 saturated carbocycles. The van der Waals surface area contributed by atoms with E-state index in [2.05, 4.69) is 20.1 Å². The first kappa shape index (κ1) is 11.4. The zero-order valence-corrected chi connectivity index (χ0v) is 9.79. The summed E-state index contributed by atoms with van der Waals surface area (Å²) in [5.74, 6) is 1.18. The molecule has 0 aromatic carbocycles. The van der Waals surface area contributed by atoms with E-state index in [4.69, 9.17) is 0 Å². The lowest BCUT2D eigenvalue weighted by molar-refractivity contribution is 0.0984. The van der Waals surface area contributed by atoms with Crippen molar-refractivity contribution in [3.8, 4) is 0 Å². The Morgan fingerprint density at radius 1 is 1.41 bits per heavy atom. The molecule has 0 atom stereocenters. The zero-order chi connectivity index (χ0) is 12.3. The summed E-state index contributed by atoms with van der Waals surface area (Å²) in [6.45, 7) is 4.41. The number of Topliss-reactive ketones (excluding diaryl/α,β-unsaturated/α-hetero) is 1. The van der Waals surface area contributed by atoms with Gasteiger partial charge in [-0.1, -0.05) is 0 Å². The standard InChI is InChI=1S/C11H13N5O/c1-3-16-11(13-7-14-16)6-10(17)9-4-5-12-8(2)15-9/h4-5,7H,3,6H2,1-2H3. The van der Waals surface area contributed by atoms with Crippen LogP contribution in [0.3, 0.4) is 0 Å². The van der Waals surface area contributed by atoms with Crippen molar-refractivity contribution in [3.05, 3.63) is 35.9 Å². The van der Waals surface area contributed by atoms with E-state index in [1.54, 1.807) is 23.9 Å². The van der Waals surface area contributed by atoms with Crippen LogP contribution in [0.4, 0.5) is 0 Å². The molecule has 2 aromatic rings. The van der Waals surface area contributed by atoms with Crippen LogP contribution in [0.1, 0.15) is 29.1 Å². The van der Waals surface area contributed by atoms with Gasteiger partial charge in [0, 0.05) is 12.7 Å². The predicted molar refractivity (Wildman–Crippen MR) is 60.5 cm³/mol. The molecule has 0 fully saturated rings. The fourth-order valence-corrected chi connectivity index (χ4v) is 1.53. The molecular weight excluding hydrogens is 218 g/mol. The predicted octanol–water partition coefficient (Wildman–Crippen LogP) is 0.822. The average Bonchev–Trinajstić information content (AvgIpc) is 2.76. The maximum Gasteiger partial charge on any atom is 0.188 e. The van der Waals surface area contributed by atoms with Gasteiger partial charge in [-0.2, -0.15) is 5.10 Å². The van der Waals surface area contributed by atoms with Crippen LogP contribution < -0.4 is 0 Å². The summed E-state index contributed by atoms with van der Waals surface area (Å²) < 4.78 is 1.70. The van der Waals surface area contributed by atoms with E-state index in [9.17, 15) is 4.79 Å². The number of aryl methyl sites for hydroxylation is 2. The summed E-state index contributed by atoms with van der Waals surface area (Å²) in [5, 5.41) is 4.02. The second-order valence-corrected chi connectivity index (χ2v) is 3.58. The van der Waals surface area contributed by atoms with Gasteiger partial charge in [0.2, 0.25) is 0 Å². The van der Waals surface area contributed by atoms with Gasteiger partial charge >= 0.3 is 0 Å². The van der Waals surface area contributed by atoms with Crippen molar-refractivity contribution in [2.75, 3.05) is 0 Å². The summed E-state index contributed by atoms with van der Waals surface area (Å²) in [5.41, 5.74) is 0.420. The molecule has 88 valence electrons. The Balaban J connectivity index is 2.17. The molecule has 0 unspecified atom stereocenters. The van der Waals surface area contributed by atoms with Crippen molar-refractivity contribution in [2.24, 2.45) is 0 Å². The SMILES string of the molecule is CCn1ncnc1CC(=O)c1ccnc(C)n1. The number of nitrogens with zero attached hydrogens (tertiary/aromatic N) is 5. The summed E-state index contributed by atoms with van der Waals surface area (Å²) in [6, 6.07) is 1.61. The monoisotopic (exact) mass is 231 g/mol. The highest BCUT2D eigenvalue weighted by Crippen LogP contribution is 2.03. The quantitative estimate of drug-likeness (QED) is 0.728. The van der Waals surface area contributed by atoms with Gasteiger partial charge in [0.25, 0.3) is 0 Å². The molecule has 0 aliphatic rings. The number of hydrogen-bond acceptors (Lipinski definition) is 5. The van der Waals surface area contributed by atoms with Gasteiger partial charge < -0.3 is 0 Å². The van der Waals surface area contributed by atoms with Crippen LogP contribution in [0.15, 0.2) is 18.6 Å². The number of carbonyl (C=O) groups is 1. The highest BCUT2D eigenvalue weighted by atomic mass is 16.1. The summed E-state index contributed by atoms with van der Waals surface area (Å²) in [7, 11) is 0. The molecule has 6 nitrogen and oxygen atoms in total. The highest BCUT2D eigenvalue weighted by Gasteiger charge is 2.12. The molecule has 0 aliphatic heterocycles. The Bertz CT molecular complexity index is 534. The zero-order valence-electron chi connectivity index (χ0n) is 9.79. The minimum atomic E-state index is -0.0711. The third-order valence-electron chi connectivity index (χ3n) is 2.38. The summed E-state index contributed by atoms with van der Waals surface area (Å²) >= 11 is 0. The van der Waals surface area contributed by atoms with Crippen molar-refractivity contribution in [1.29, 1.82) is 0 Å². The molecule has 2 heterocycles. The van der Waals surface area contributed by atoms with E-state index < -0.39 is 0 Å². The molecule has 0 radical (unpaired) electrons. The number of hydrogen-bond donors (Lipinski definition) is 0. The Kier molecular flexibility index (Phi) is 3.22. The van der Waals surface area contributed by atoms with E-state index in [1.807, 2.05) is 6.92 Å². The van der Waals surface area contributed by atoms with E-state index in [1.165, 1.54) is 6.33 Å². The molecule has 0 saturated heterocycles. The largest absolute Gasteiger partial charge is 0.292 e. The van der Waals surface area contributed by atoms with Gasteiger partial charge in [0.1, 0.15) is 23.7 Å². The molecule has 2 aromatic heterocycles. The minimum Gasteiger partial charge on any atom is -0.292 e. The van der Waals surface area contributed by atoms with Gasteiger partial charge in [-0.05, 0) is 19.9 Å². The molecule has 0 spiro atoms. The highest BCUT2D eigenvalue weighted by molar-refractivity contribution is 5.95. The van der Waals surface area contributed by atoms with Crippen molar-refractivity contribution < 1.29 is 4.79 Å². The smallest absolute Gasteiger partial charge is 0.188 e. The first-order valence-electron chi connectivity index (χ1n) is 5.40. The average molecular weight is 231 g/mol. The van der Waals surface area contributed by atoms with Crippen molar-refractivity contribution in [1.82, 2.24) is 24.7 Å². The van der Waals surface area contributed by atoms with Gasteiger partial charge in [0.15, 0.2) is 5.78 Å². The Labute approximate surface area is 98.7 Å². The van der Waals surface area contributed by atoms with Gasteiger partial charge in [0.05, 0.1) is 6.42 Å². The van der Waals surface area contributed by atoms with E-state index >= 15 is 0 Å². The van der Waals surface area contributed by atoms with Crippen molar-refractivity contribution in [3.63, 3.8) is 0 Å². The van der Waals surface area contributed by atoms with Crippen LogP contribution in [-0.4, -0.2) is 30.5 Å². The summed E-state index contributed by atoms with van der Waals surface area (Å²) in [4.78, 5) is 24.1. The lowest BCUT2D eigenvalue weighted by atomic mass is 10.2. The second kappa shape index (κ2) is 4.82. The van der Waals surface area contributed by atoms with Crippen molar-refractivity contribution >= 4 is 5.78 Å². The third-order valence-corrected chi connectivity index (χ3v) is 2.38. The van der Waals surface area contributed by atoms with Crippen LogP contribution in [0, 0.1) is 6.92 Å². The summed E-state index contributed by atoms with van der Waals surface area (Å²) in [6.07, 6.45) is 3.25. The minimum absolute atomic E-state index is 0.0711. The first-order valence-corrected chi connectivity index (χ1v) is 5.40.